The van der Waals surface area contributed by atoms with Crippen molar-refractivity contribution in [2.24, 2.45) is 0 Å². The Morgan fingerprint density at radius 1 is 0.430 bits per heavy atom. The summed E-state index contributed by atoms with van der Waals surface area (Å²) in [5, 5.41) is 160. The molecule has 0 aromatic heterocycles. The first-order chi connectivity index (χ1) is 46.8. The molecule has 0 aromatic carbocycles. The van der Waals surface area contributed by atoms with Gasteiger partial charge in [0.25, 0.3) is 5.79 Å². The molecular formula is C58H91N3O39. The summed E-state index contributed by atoms with van der Waals surface area (Å²) in [4.78, 5) is 104. The minimum absolute atomic E-state index is 0.811. The molecule has 100 heavy (non-hydrogen) atoms. The molecule has 0 radical (unpaired) electrons. The fourth-order valence-corrected chi connectivity index (χ4v) is 12.6. The molecule has 7 aliphatic rings. The van der Waals surface area contributed by atoms with Crippen LogP contribution in [-0.2, 0) is 119 Å². The van der Waals surface area contributed by atoms with E-state index >= 15 is 0 Å². The number of esters is 4. The predicted octanol–water partition coefficient (Wildman–Crippen LogP) is -10.6. The van der Waals surface area contributed by atoms with Crippen molar-refractivity contribution in [1.82, 2.24) is 16.0 Å². The van der Waals surface area contributed by atoms with Crippen molar-refractivity contribution in [3.8, 4) is 0 Å². The first kappa shape index (κ1) is 82.0. The van der Waals surface area contributed by atoms with Crippen LogP contribution in [-0.4, -0.2) is 360 Å². The molecule has 0 bridgehead atoms. The Bertz CT molecular complexity index is 2790. The fourth-order valence-electron chi connectivity index (χ4n) is 12.6. The average molecular weight is 1450 g/mol. The van der Waals surface area contributed by atoms with Gasteiger partial charge in [0.15, 0.2) is 62.2 Å². The lowest BCUT2D eigenvalue weighted by atomic mass is 9.92. The maximum atomic E-state index is 13.6. The maximum Gasteiger partial charge on any atom is 0.364 e. The van der Waals surface area contributed by atoms with E-state index in [2.05, 4.69) is 16.0 Å². The zero-order valence-corrected chi connectivity index (χ0v) is 55.6. The first-order valence-electron chi connectivity index (χ1n) is 31.8. The zero-order chi connectivity index (χ0) is 74.4. The second-order valence-corrected chi connectivity index (χ2v) is 25.1. The molecule has 0 aromatic rings. The summed E-state index contributed by atoms with van der Waals surface area (Å²) in [6, 6.07) is -5.48. The molecule has 1 unspecified atom stereocenters. The molecule has 0 aliphatic carbocycles. The minimum atomic E-state index is -3.15. The SMILES string of the molecule is CC(=O)N[C@H]1[C@@H](OC[C@H]2O[C@@H](O[C@H]3[C@H](O)[C@H](O)[C@@H](O[C@H]4[C@@H]([C@H](O)CO)OC(O)(C(=O)O)C[C@H]4O)O[C@@H]3CO)[C@H](NC(C)=O)[C@@H](OC(C)=O)[C@@H]2O[C@@H]2O[C@H](C)[C@@H](OC(C)=O)[C@H](O[C@@H]3O[C@@H](C)[C@H](O)[C@@H](O[C@@H]4O[C@@H](C)[C@H](O)[C@@H](O)[C@H]4OC(C)=O)[C@H]3OC(C)=O)[C@H]2NC(C)=O)O[C@H](CO)[C@@H](O)[C@@H]1O. The minimum Gasteiger partial charge on any atom is -0.477 e. The van der Waals surface area contributed by atoms with Gasteiger partial charge in [0, 0.05) is 54.9 Å². The van der Waals surface area contributed by atoms with E-state index in [9.17, 15) is 110 Å². The molecule has 42 heteroatoms. The van der Waals surface area contributed by atoms with E-state index < -0.39 is 295 Å². The van der Waals surface area contributed by atoms with E-state index in [0.717, 1.165) is 48.5 Å². The summed E-state index contributed by atoms with van der Waals surface area (Å²) in [5.74, 6) is -12.0. The summed E-state index contributed by atoms with van der Waals surface area (Å²) in [5.41, 5.74) is 0. The summed E-state index contributed by atoms with van der Waals surface area (Å²) in [6.07, 6.45) is -60.1. The van der Waals surface area contributed by atoms with E-state index in [1.807, 2.05) is 0 Å². The van der Waals surface area contributed by atoms with Gasteiger partial charge in [-0.1, -0.05) is 0 Å². The highest BCUT2D eigenvalue weighted by Gasteiger charge is 2.61. The molecule has 42 nitrogen and oxygen atoms in total. The number of carbonyl (C=O) groups excluding carboxylic acids is 7. The van der Waals surface area contributed by atoms with E-state index in [4.69, 9.17) is 80.5 Å². The standard InChI is InChI=1S/C58H91N3O39/c1-16-34(74)38(78)49(90-24(9)70)55(85-16)99-48-35(75)17(2)86-56(50(48)91-25(10)71)98-46-32(60-20(5)66)52(87-18(3)41(46)88-22(7)68)97-45-30(15-84-51-31(59-19(4)65)37(77)36(76)28(13-63)92-51)94-53(33(61-21(6)67)47(45)89-23(8)69)96-44-29(14-64)93-54(40(80)39(44)79)95-42-26(72)11-58(83,57(81)82)100-43(42)27(73)12-62/h16-18,26-56,62-64,72-80,83H,11-15H2,1-10H3,(H,59,65)(H,60,66)(H,61,67)(H,81,82)/t16-,17-,18+,26+,27+,28+,29+,30+,31+,32+,33+,34-,35-,36+,37+,38+,39+,40-,41+,42+,43+,44+,45+,46+,47+,48+,49+,50+,51-,52-,53-,54+,55-,56-,58?/m0/s1. The molecule has 0 saturated carbocycles. The number of ether oxygens (including phenoxy) is 17. The number of aliphatic hydroxyl groups is 13. The topological polar surface area (TPSA) is 613 Å². The summed E-state index contributed by atoms with van der Waals surface area (Å²) in [7, 11) is 0. The largest absolute Gasteiger partial charge is 0.477 e. The quantitative estimate of drug-likeness (QED) is 0.0298. The van der Waals surface area contributed by atoms with Crippen molar-refractivity contribution in [2.75, 3.05) is 26.4 Å². The van der Waals surface area contributed by atoms with Crippen LogP contribution in [0.25, 0.3) is 0 Å². The van der Waals surface area contributed by atoms with Gasteiger partial charge < -0.3 is 168 Å². The highest BCUT2D eigenvalue weighted by Crippen LogP contribution is 2.41. The van der Waals surface area contributed by atoms with Gasteiger partial charge in [0.1, 0.15) is 122 Å². The van der Waals surface area contributed by atoms with Gasteiger partial charge in [-0.05, 0) is 20.8 Å². The second-order valence-electron chi connectivity index (χ2n) is 25.1. The Labute approximate surface area is 568 Å². The number of aliphatic hydroxyl groups excluding tert-OH is 12. The van der Waals surface area contributed by atoms with Crippen LogP contribution >= 0.6 is 0 Å². The third kappa shape index (κ3) is 19.2. The van der Waals surface area contributed by atoms with Crippen molar-refractivity contribution in [3.63, 3.8) is 0 Å². The van der Waals surface area contributed by atoms with Crippen molar-refractivity contribution >= 4 is 47.6 Å². The van der Waals surface area contributed by atoms with Crippen LogP contribution in [0.2, 0.25) is 0 Å². The number of aliphatic carboxylic acids is 1. The Morgan fingerprint density at radius 2 is 0.870 bits per heavy atom. The number of hydrogen-bond acceptors (Lipinski definition) is 38. The highest BCUT2D eigenvalue weighted by atomic mass is 16.8. The molecule has 572 valence electrons. The Morgan fingerprint density at radius 3 is 1.42 bits per heavy atom. The van der Waals surface area contributed by atoms with Crippen LogP contribution in [0.1, 0.15) is 75.7 Å². The van der Waals surface area contributed by atoms with Crippen LogP contribution in [0.15, 0.2) is 0 Å². The number of carbonyl (C=O) groups is 8. The molecular weight excluding hydrogens is 1360 g/mol. The van der Waals surface area contributed by atoms with E-state index in [1.54, 1.807) is 0 Å². The lowest BCUT2D eigenvalue weighted by molar-refractivity contribution is -0.384. The van der Waals surface area contributed by atoms with Gasteiger partial charge >= 0.3 is 29.8 Å². The number of nitrogens with one attached hydrogen (secondary N) is 3. The van der Waals surface area contributed by atoms with Crippen LogP contribution in [0.3, 0.4) is 0 Å². The first-order valence-corrected chi connectivity index (χ1v) is 31.8. The summed E-state index contributed by atoms with van der Waals surface area (Å²) in [6.45, 7) is 6.44. The third-order valence-electron chi connectivity index (χ3n) is 17.3. The monoisotopic (exact) mass is 1450 g/mol. The Hall–Kier alpha value is -5.28. The van der Waals surface area contributed by atoms with Gasteiger partial charge in [-0.15, -0.1) is 0 Å². The third-order valence-corrected chi connectivity index (χ3v) is 17.3. The van der Waals surface area contributed by atoms with Crippen molar-refractivity contribution in [1.29, 1.82) is 0 Å². The van der Waals surface area contributed by atoms with E-state index in [0.29, 0.717) is 0 Å². The molecule has 35 atom stereocenters. The van der Waals surface area contributed by atoms with Crippen LogP contribution in [0.5, 0.6) is 0 Å². The van der Waals surface area contributed by atoms with Crippen LogP contribution in [0, 0.1) is 0 Å². The average Bonchev–Trinajstić information content (AvgIpc) is 0.764. The molecule has 7 aliphatic heterocycles. The lowest BCUT2D eigenvalue weighted by Gasteiger charge is -2.52. The second kappa shape index (κ2) is 35.0. The lowest BCUT2D eigenvalue weighted by Crippen LogP contribution is -2.72. The van der Waals surface area contributed by atoms with E-state index in [1.165, 1.54) is 20.8 Å². The van der Waals surface area contributed by atoms with E-state index in [-0.39, 0.29) is 0 Å². The predicted molar refractivity (Wildman–Crippen MR) is 312 cm³/mol. The molecule has 7 fully saturated rings. The smallest absolute Gasteiger partial charge is 0.364 e. The van der Waals surface area contributed by atoms with Gasteiger partial charge in [0.2, 0.25) is 17.7 Å². The number of hydrogen-bond donors (Lipinski definition) is 17. The molecule has 0 spiro atoms. The summed E-state index contributed by atoms with van der Waals surface area (Å²) < 4.78 is 102. The molecule has 7 heterocycles. The maximum absolute atomic E-state index is 13.6. The molecule has 3 amide bonds. The molecule has 17 N–H and O–H groups in total. The number of carboxylic acid groups (broad SMARTS) is 1. The number of amides is 3. The molecule has 7 rings (SSSR count). The van der Waals surface area contributed by atoms with Gasteiger partial charge in [-0.25, -0.2) is 4.79 Å². The van der Waals surface area contributed by atoms with Gasteiger partial charge in [-0.3, -0.25) is 33.6 Å². The molecule has 7 saturated heterocycles. The number of carboxylic acids is 1. The number of rotatable bonds is 25. The van der Waals surface area contributed by atoms with Crippen molar-refractivity contribution in [3.05, 3.63) is 0 Å². The van der Waals surface area contributed by atoms with Crippen molar-refractivity contribution < 1.29 is 190 Å². The Balaban J connectivity index is 1.31. The normalized spacial score (nSPS) is 44.1. The van der Waals surface area contributed by atoms with Crippen molar-refractivity contribution in [2.45, 2.75) is 290 Å². The Kier molecular flexibility index (Phi) is 28.7. The summed E-state index contributed by atoms with van der Waals surface area (Å²) >= 11 is 0. The van der Waals surface area contributed by atoms with Gasteiger partial charge in [0.05, 0.1) is 50.8 Å². The van der Waals surface area contributed by atoms with Gasteiger partial charge in [-0.2, -0.15) is 0 Å². The zero-order valence-electron chi connectivity index (χ0n) is 55.6. The van der Waals surface area contributed by atoms with Crippen LogP contribution in [0.4, 0.5) is 0 Å². The van der Waals surface area contributed by atoms with Crippen LogP contribution < -0.4 is 16.0 Å². The highest BCUT2D eigenvalue weighted by molar-refractivity contribution is 5.76. The fraction of sp³-hybridized carbons (Fsp3) is 0.862.